The SMILES string of the molecule is CCCN(CCC)c1cc(N/N=C/c2cccc(C)c2)nc(OCCc2ncccn2)n1.Cc1cccc(/C=N/Nc2cc(N3CC(C)OC(C)C3)nc(OCCc3ccccn3)n2)c1.Cc1cccc(/C=N/Nc2cc(N3CCOCC3)nc(OCCc3ccccc3)n2)c1.Cc1cccc(/C=N/Nc2cc(N3CCOCC3)nc(OCCc3ncccn3)n2)c1. The number of nitrogens with one attached hydrogen (secondary N) is 4. The van der Waals surface area contributed by atoms with E-state index in [9.17, 15) is 0 Å². The fraction of sp³-hybridized carbons (Fsp3) is 0.337. The van der Waals surface area contributed by atoms with Crippen LogP contribution < -0.4 is 60.3 Å². The van der Waals surface area contributed by atoms with Crippen LogP contribution in [0.3, 0.4) is 0 Å². The number of hydrogen-bond acceptors (Lipinski definition) is 32. The molecule has 0 spiro atoms. The van der Waals surface area contributed by atoms with E-state index in [1.807, 2.05) is 122 Å². The third-order valence-electron chi connectivity index (χ3n) is 19.4. The minimum atomic E-state index is 0.119. The number of hydrogen-bond donors (Lipinski definition) is 4. The molecule has 32 nitrogen and oxygen atoms in total. The Bertz CT molecular complexity index is 5230. The normalized spacial score (nSPS) is 14.4. The van der Waals surface area contributed by atoms with Crippen LogP contribution in [-0.2, 0) is 39.9 Å². The van der Waals surface area contributed by atoms with Gasteiger partial charge in [0.05, 0.1) is 89.9 Å². The Labute approximate surface area is 743 Å². The van der Waals surface area contributed by atoms with Crippen LogP contribution in [0.15, 0.2) is 233 Å². The number of benzene rings is 5. The summed E-state index contributed by atoms with van der Waals surface area (Å²) in [5.41, 5.74) is 23.1. The molecule has 7 aromatic heterocycles. The first-order valence-electron chi connectivity index (χ1n) is 43.0. The summed E-state index contributed by atoms with van der Waals surface area (Å²) in [6, 6.07) is 61.0. The molecule has 0 saturated carbocycles. The van der Waals surface area contributed by atoms with Gasteiger partial charge in [-0.05, 0) is 106 Å². The summed E-state index contributed by atoms with van der Waals surface area (Å²) in [5, 5.41) is 17.4. The van der Waals surface area contributed by atoms with E-state index >= 15 is 0 Å². The molecule has 660 valence electrons. The largest absolute Gasteiger partial charge is 0.463 e. The topological polar surface area (TPSA) is 343 Å². The highest BCUT2D eigenvalue weighted by molar-refractivity contribution is 5.82. The second-order valence-electron chi connectivity index (χ2n) is 30.1. The molecule has 0 bridgehead atoms. The summed E-state index contributed by atoms with van der Waals surface area (Å²) in [5.74, 6) is 6.94. The Balaban J connectivity index is 0.000000154. The number of aromatic nitrogens is 13. The molecular formula is C95H113N25O7. The molecule has 0 radical (unpaired) electrons. The van der Waals surface area contributed by atoms with Crippen LogP contribution in [0.5, 0.6) is 24.0 Å². The number of rotatable bonds is 36. The maximum Gasteiger partial charge on any atom is 0.320 e. The molecular weight excluding hydrogens is 1600 g/mol. The molecule has 2 unspecified atom stereocenters. The summed E-state index contributed by atoms with van der Waals surface area (Å²) in [6.07, 6.45) is 20.6. The molecule has 3 aliphatic heterocycles. The Morgan fingerprint density at radius 3 is 1.13 bits per heavy atom. The lowest BCUT2D eigenvalue weighted by Crippen LogP contribution is -2.45. The smallest absolute Gasteiger partial charge is 0.320 e. The molecule has 0 aliphatic carbocycles. The van der Waals surface area contributed by atoms with E-state index in [1.54, 1.807) is 68.0 Å². The number of anilines is 8. The van der Waals surface area contributed by atoms with Crippen LogP contribution in [0.2, 0.25) is 0 Å². The third-order valence-corrected chi connectivity index (χ3v) is 19.4. The van der Waals surface area contributed by atoms with E-state index in [4.69, 9.17) is 33.2 Å². The van der Waals surface area contributed by atoms with E-state index in [2.05, 4.69) is 230 Å². The second kappa shape index (κ2) is 50.6. The van der Waals surface area contributed by atoms with Crippen molar-refractivity contribution >= 4 is 71.4 Å². The van der Waals surface area contributed by atoms with Gasteiger partial charge < -0.3 is 52.8 Å². The highest BCUT2D eigenvalue weighted by atomic mass is 16.5. The number of aryl methyl sites for hydroxylation is 4. The standard InChI is InChI=1S/C25H30N6O2.C24H31N7O.C24H27N5O2.C22H25N7O2/c1-18-7-6-8-21(13-18)15-27-30-23-14-24(31-16-19(2)33-20(3)17-31)29-25(28-23)32-12-10-22-9-4-5-11-26-22;1-4-13-31(14-5-2)23-17-22(30-27-18-20-9-6-8-19(3)16-20)28-24(29-23)32-15-10-21-25-11-7-12-26-21;1-19-6-5-9-21(16-19)18-25-28-22-17-23(29-11-14-30-15-12-29)27-24(26-22)31-13-10-20-7-3-2-4-8-20;1-17-4-2-5-18(14-17)16-25-28-20-15-21(29-9-12-30-13-10-29)27-22(26-20)31-11-6-19-23-7-3-8-24-19/h4-9,11,13-15,19-20H,10,12,16-17H2,1-3H3,(H,28,29,30);6-9,11-12,16-18H,4-5,10,13-15H2,1-3H3,(H,28,29,30);2-9,16-18H,10-15H2,1H3,(H,26,27,28);2-5,7-8,14-16H,6,9-13H2,1H3,(H,26,27,28)/b27-15+;27-18+;25-18+;25-16+. The lowest BCUT2D eigenvalue weighted by Gasteiger charge is -2.36. The summed E-state index contributed by atoms with van der Waals surface area (Å²) in [7, 11) is 0. The zero-order chi connectivity index (χ0) is 88.3. The summed E-state index contributed by atoms with van der Waals surface area (Å²) < 4.78 is 40.2. The van der Waals surface area contributed by atoms with Crippen molar-refractivity contribution in [3.8, 4) is 24.0 Å². The monoisotopic (exact) mass is 1720 g/mol. The van der Waals surface area contributed by atoms with E-state index in [1.165, 1.54) is 27.8 Å². The van der Waals surface area contributed by atoms with Gasteiger partial charge in [-0.15, -0.1) is 0 Å². The molecule has 10 heterocycles. The fourth-order valence-corrected chi connectivity index (χ4v) is 13.4. The van der Waals surface area contributed by atoms with Crippen LogP contribution in [0.4, 0.5) is 46.5 Å². The van der Waals surface area contributed by atoms with Gasteiger partial charge in [-0.3, -0.25) is 26.7 Å². The van der Waals surface area contributed by atoms with E-state index in [-0.39, 0.29) is 18.2 Å². The maximum atomic E-state index is 5.90. The minimum absolute atomic E-state index is 0.119. The van der Waals surface area contributed by atoms with Crippen LogP contribution in [0.25, 0.3) is 0 Å². The molecule has 5 aromatic carbocycles. The first-order chi connectivity index (χ1) is 62.2. The molecule has 4 N–H and O–H groups in total. The van der Waals surface area contributed by atoms with Gasteiger partial charge in [0.25, 0.3) is 0 Å². The molecule has 127 heavy (non-hydrogen) atoms. The van der Waals surface area contributed by atoms with Crippen molar-refractivity contribution in [1.29, 1.82) is 0 Å². The third kappa shape index (κ3) is 32.5. The molecule has 12 aromatic rings. The van der Waals surface area contributed by atoms with Gasteiger partial charge in [0.2, 0.25) is 0 Å². The van der Waals surface area contributed by atoms with Crippen molar-refractivity contribution in [3.63, 3.8) is 0 Å². The highest BCUT2D eigenvalue weighted by Crippen LogP contribution is 2.27. The fourth-order valence-electron chi connectivity index (χ4n) is 13.4. The van der Waals surface area contributed by atoms with E-state index in [0.717, 1.165) is 129 Å². The first-order valence-corrected chi connectivity index (χ1v) is 43.0. The van der Waals surface area contributed by atoms with Gasteiger partial charge in [0.15, 0.2) is 23.3 Å². The van der Waals surface area contributed by atoms with Gasteiger partial charge in [-0.25, -0.2) is 19.9 Å². The van der Waals surface area contributed by atoms with Gasteiger partial charge in [-0.1, -0.05) is 170 Å². The Hall–Kier alpha value is -14.1. The van der Waals surface area contributed by atoms with Crippen LogP contribution in [0.1, 0.15) is 108 Å². The second-order valence-corrected chi connectivity index (χ2v) is 30.1. The molecule has 3 saturated heterocycles. The first kappa shape index (κ1) is 92.1. The summed E-state index contributed by atoms with van der Waals surface area (Å²) in [6.45, 7) is 27.5. The van der Waals surface area contributed by atoms with Crippen molar-refractivity contribution in [3.05, 3.63) is 280 Å². The average molecular weight is 1720 g/mol. The quantitative estimate of drug-likeness (QED) is 0.0209. The molecule has 3 aliphatic rings. The van der Waals surface area contributed by atoms with Crippen LogP contribution >= 0.6 is 0 Å². The van der Waals surface area contributed by atoms with Crippen LogP contribution in [-0.4, -0.2) is 207 Å². The lowest BCUT2D eigenvalue weighted by molar-refractivity contribution is -0.00551. The number of pyridine rings is 1. The van der Waals surface area contributed by atoms with Crippen molar-refractivity contribution in [2.24, 2.45) is 20.4 Å². The molecule has 32 heteroatoms. The Kier molecular flexibility index (Phi) is 36.7. The number of morpholine rings is 3. The van der Waals surface area contributed by atoms with E-state index < -0.39 is 0 Å². The molecule has 15 rings (SSSR count). The number of nitrogens with zero attached hydrogens (tertiary/aromatic N) is 21. The zero-order valence-corrected chi connectivity index (χ0v) is 73.5. The molecule has 0 amide bonds. The van der Waals surface area contributed by atoms with E-state index in [0.29, 0.717) is 119 Å². The Morgan fingerprint density at radius 1 is 0.378 bits per heavy atom. The van der Waals surface area contributed by atoms with Gasteiger partial charge in [0, 0.05) is 139 Å². The summed E-state index contributed by atoms with van der Waals surface area (Å²) >= 11 is 0. The number of ether oxygens (including phenoxy) is 7. The molecule has 3 fully saturated rings. The Morgan fingerprint density at radius 2 is 0.740 bits per heavy atom. The van der Waals surface area contributed by atoms with Crippen molar-refractivity contribution in [1.82, 2.24) is 64.8 Å². The van der Waals surface area contributed by atoms with Gasteiger partial charge >= 0.3 is 24.0 Å². The predicted molar refractivity (Wildman–Crippen MR) is 500 cm³/mol. The van der Waals surface area contributed by atoms with Crippen molar-refractivity contribution in [2.45, 2.75) is 106 Å². The zero-order valence-electron chi connectivity index (χ0n) is 73.5. The highest BCUT2D eigenvalue weighted by Gasteiger charge is 2.25. The lowest BCUT2D eigenvalue weighted by atomic mass is 10.2. The van der Waals surface area contributed by atoms with Crippen molar-refractivity contribution < 1.29 is 33.2 Å². The van der Waals surface area contributed by atoms with Crippen molar-refractivity contribution in [2.75, 3.05) is 147 Å². The van der Waals surface area contributed by atoms with Gasteiger partial charge in [-0.2, -0.15) is 60.3 Å². The van der Waals surface area contributed by atoms with Gasteiger partial charge in [0.1, 0.15) is 34.9 Å². The summed E-state index contributed by atoms with van der Waals surface area (Å²) in [4.78, 5) is 66.4. The average Bonchev–Trinajstić information content (AvgIpc) is 0.926. The maximum absolute atomic E-state index is 5.90. The molecule has 2 atom stereocenters. The predicted octanol–water partition coefficient (Wildman–Crippen LogP) is 14.3. The van der Waals surface area contributed by atoms with Crippen LogP contribution in [0, 0.1) is 27.7 Å². The minimum Gasteiger partial charge on any atom is -0.463 e. The number of hydrazone groups is 4.